The van der Waals surface area contributed by atoms with E-state index in [4.69, 9.17) is 9.47 Å². The van der Waals surface area contributed by atoms with Gasteiger partial charge in [-0.25, -0.2) is 4.79 Å². The fraction of sp³-hybridized carbons (Fsp3) is 0.600. The molecule has 1 saturated heterocycles. The van der Waals surface area contributed by atoms with E-state index < -0.39 is 17.7 Å². The molecule has 1 spiro atoms. The molecular formula is C20H28N2O5. The van der Waals surface area contributed by atoms with Crippen LogP contribution in [-0.4, -0.2) is 53.8 Å². The van der Waals surface area contributed by atoms with Gasteiger partial charge >= 0.3 is 6.03 Å². The summed E-state index contributed by atoms with van der Waals surface area (Å²) < 4.78 is 10.8. The van der Waals surface area contributed by atoms with Gasteiger partial charge in [0.2, 0.25) is 0 Å². The largest absolute Gasteiger partial charge is 0.496 e. The van der Waals surface area contributed by atoms with E-state index in [0.717, 1.165) is 29.1 Å². The lowest BCUT2D eigenvalue weighted by Crippen LogP contribution is -2.49. The van der Waals surface area contributed by atoms with Gasteiger partial charge in [-0.3, -0.25) is 9.69 Å². The van der Waals surface area contributed by atoms with Crippen molar-refractivity contribution in [2.24, 2.45) is 5.92 Å². The highest BCUT2D eigenvalue weighted by atomic mass is 16.5. The Bertz CT molecular complexity index is 685. The molecule has 3 rings (SSSR count). The Morgan fingerprint density at radius 2 is 2.00 bits per heavy atom. The molecule has 1 heterocycles. The number of nitrogens with zero attached hydrogens (tertiary/aromatic N) is 1. The van der Waals surface area contributed by atoms with Crippen molar-refractivity contribution in [3.8, 4) is 5.75 Å². The molecule has 0 bridgehead atoms. The molecule has 3 amide bonds. The molecular weight excluding hydrogens is 348 g/mol. The summed E-state index contributed by atoms with van der Waals surface area (Å²) in [5, 5.41) is 13.1. The number of urea groups is 1. The van der Waals surface area contributed by atoms with Gasteiger partial charge in [-0.1, -0.05) is 25.1 Å². The maximum Gasteiger partial charge on any atom is 0.325 e. The van der Waals surface area contributed by atoms with Crippen LogP contribution in [-0.2, 0) is 16.1 Å². The normalized spacial score (nSPS) is 26.3. The van der Waals surface area contributed by atoms with Crippen molar-refractivity contribution >= 4 is 11.9 Å². The number of ether oxygens (including phenoxy) is 2. The highest BCUT2D eigenvalue weighted by Crippen LogP contribution is 2.36. The maximum atomic E-state index is 12.8. The second-order valence-electron chi connectivity index (χ2n) is 7.59. The monoisotopic (exact) mass is 376 g/mol. The van der Waals surface area contributed by atoms with Crippen LogP contribution in [0.2, 0.25) is 0 Å². The van der Waals surface area contributed by atoms with Crippen molar-refractivity contribution in [2.45, 2.75) is 50.9 Å². The maximum absolute atomic E-state index is 12.8. The van der Waals surface area contributed by atoms with Gasteiger partial charge in [0.05, 0.1) is 33.0 Å². The number of carbonyl (C=O) groups is 2. The number of β-amino-alcohol motifs (C(OH)–C–C–N with tert-alkyl or cyclic N) is 1. The summed E-state index contributed by atoms with van der Waals surface area (Å²) in [5.41, 5.74) is 0.0964. The number of nitrogens with one attached hydrogen (secondary N) is 1. The van der Waals surface area contributed by atoms with Gasteiger partial charge in [0.25, 0.3) is 5.91 Å². The Labute approximate surface area is 159 Å². The number of amides is 3. The molecule has 7 heteroatoms. The molecule has 2 aliphatic rings. The lowest BCUT2D eigenvalue weighted by atomic mass is 9.77. The van der Waals surface area contributed by atoms with E-state index >= 15 is 0 Å². The second kappa shape index (κ2) is 8.27. The van der Waals surface area contributed by atoms with Crippen LogP contribution >= 0.6 is 0 Å². The fourth-order valence-electron chi connectivity index (χ4n) is 3.83. The molecule has 1 aromatic carbocycles. The third-order valence-electron chi connectivity index (χ3n) is 5.53. The van der Waals surface area contributed by atoms with E-state index in [9.17, 15) is 14.7 Å². The van der Waals surface area contributed by atoms with E-state index in [1.54, 1.807) is 7.11 Å². The van der Waals surface area contributed by atoms with Crippen molar-refractivity contribution in [3.05, 3.63) is 29.8 Å². The number of methoxy groups -OCH3 is 1. The van der Waals surface area contributed by atoms with Crippen LogP contribution in [0.25, 0.3) is 0 Å². The van der Waals surface area contributed by atoms with Crippen LogP contribution in [0.1, 0.15) is 38.2 Å². The van der Waals surface area contributed by atoms with E-state index in [0.29, 0.717) is 18.8 Å². The van der Waals surface area contributed by atoms with Crippen molar-refractivity contribution in [2.75, 3.05) is 20.3 Å². The van der Waals surface area contributed by atoms with Crippen LogP contribution in [0.3, 0.4) is 0 Å². The van der Waals surface area contributed by atoms with Gasteiger partial charge in [-0.15, -0.1) is 0 Å². The first-order valence-electron chi connectivity index (χ1n) is 9.47. The zero-order valence-electron chi connectivity index (χ0n) is 15.9. The predicted molar refractivity (Wildman–Crippen MR) is 99.3 cm³/mol. The molecule has 0 unspecified atom stereocenters. The van der Waals surface area contributed by atoms with Crippen LogP contribution < -0.4 is 10.1 Å². The zero-order chi connectivity index (χ0) is 19.4. The molecule has 148 valence electrons. The van der Waals surface area contributed by atoms with Crippen LogP contribution in [0.5, 0.6) is 5.75 Å². The highest BCUT2D eigenvalue weighted by molar-refractivity contribution is 6.07. The lowest BCUT2D eigenvalue weighted by Gasteiger charge is -2.33. The smallest absolute Gasteiger partial charge is 0.325 e. The van der Waals surface area contributed by atoms with E-state index in [1.165, 1.54) is 0 Å². The summed E-state index contributed by atoms with van der Waals surface area (Å²) in [5.74, 6) is 1.07. The molecule has 1 aromatic rings. The molecule has 1 aliphatic carbocycles. The number of hydrogen-bond donors (Lipinski definition) is 2. The predicted octanol–water partition coefficient (Wildman–Crippen LogP) is 2.07. The van der Waals surface area contributed by atoms with Gasteiger partial charge in [0, 0.05) is 5.56 Å². The number of rotatable bonds is 7. The quantitative estimate of drug-likeness (QED) is 0.712. The van der Waals surface area contributed by atoms with Crippen molar-refractivity contribution < 1.29 is 24.2 Å². The number of benzene rings is 1. The van der Waals surface area contributed by atoms with Gasteiger partial charge < -0.3 is 19.9 Å². The van der Waals surface area contributed by atoms with Gasteiger partial charge in [-0.05, 0) is 37.7 Å². The molecule has 7 nitrogen and oxygen atoms in total. The summed E-state index contributed by atoms with van der Waals surface area (Å²) in [6.45, 7) is 2.41. The topological polar surface area (TPSA) is 88.1 Å². The van der Waals surface area contributed by atoms with Crippen molar-refractivity contribution in [1.82, 2.24) is 10.2 Å². The third kappa shape index (κ3) is 4.25. The minimum Gasteiger partial charge on any atom is -0.496 e. The van der Waals surface area contributed by atoms with E-state index in [-0.39, 0.29) is 25.7 Å². The fourth-order valence-corrected chi connectivity index (χ4v) is 3.83. The first-order valence-corrected chi connectivity index (χ1v) is 9.47. The first-order chi connectivity index (χ1) is 12.9. The highest BCUT2D eigenvalue weighted by Gasteiger charge is 2.52. The average molecular weight is 376 g/mol. The Morgan fingerprint density at radius 3 is 2.70 bits per heavy atom. The minimum atomic E-state index is -0.938. The zero-order valence-corrected chi connectivity index (χ0v) is 15.9. The Hall–Kier alpha value is -2.12. The molecule has 27 heavy (non-hydrogen) atoms. The molecule has 1 saturated carbocycles. The van der Waals surface area contributed by atoms with Crippen LogP contribution in [0, 0.1) is 5.92 Å². The summed E-state index contributed by atoms with van der Waals surface area (Å²) in [6, 6.07) is 7.06. The third-order valence-corrected chi connectivity index (χ3v) is 5.53. The molecule has 1 aliphatic heterocycles. The number of hydrogen-bond acceptors (Lipinski definition) is 5. The SMILES string of the molecule is COc1ccccc1COC[C@H](O)CN1C(=O)NC2(CCC(C)CC2)C1=O. The average Bonchev–Trinajstić information content (AvgIpc) is 2.89. The molecule has 1 atom stereocenters. The standard InChI is InChI=1S/C20H28N2O5/c1-14-7-9-20(10-8-14)18(24)22(19(25)21-20)11-16(23)13-27-12-15-5-3-4-6-17(15)26-2/h3-6,14,16,23H,7-13H2,1-2H3,(H,21,25)/t14?,16-,20?/m1/s1. The number of aliphatic hydroxyl groups is 1. The van der Waals surface area contributed by atoms with Gasteiger partial charge in [0.1, 0.15) is 11.3 Å². The second-order valence-corrected chi connectivity index (χ2v) is 7.59. The Morgan fingerprint density at radius 1 is 1.30 bits per heavy atom. The molecule has 2 fully saturated rings. The minimum absolute atomic E-state index is 0.0269. The lowest BCUT2D eigenvalue weighted by molar-refractivity contribution is -0.134. The number of para-hydroxylation sites is 1. The Kier molecular flexibility index (Phi) is 6.01. The molecule has 0 aromatic heterocycles. The summed E-state index contributed by atoms with van der Waals surface area (Å²) in [6.07, 6.45) is 2.23. The van der Waals surface area contributed by atoms with Gasteiger partial charge in [-0.2, -0.15) is 0 Å². The number of aliphatic hydroxyl groups excluding tert-OH is 1. The van der Waals surface area contributed by atoms with Crippen molar-refractivity contribution in [3.63, 3.8) is 0 Å². The van der Waals surface area contributed by atoms with E-state index in [2.05, 4.69) is 12.2 Å². The summed E-state index contributed by atoms with van der Waals surface area (Å²) in [4.78, 5) is 26.2. The van der Waals surface area contributed by atoms with Crippen LogP contribution in [0.15, 0.2) is 24.3 Å². The molecule has 0 radical (unpaired) electrons. The Balaban J connectivity index is 1.51. The number of carbonyl (C=O) groups excluding carboxylic acids is 2. The first kappa shape index (κ1) is 19.6. The van der Waals surface area contributed by atoms with Crippen LogP contribution in [0.4, 0.5) is 4.79 Å². The van der Waals surface area contributed by atoms with Crippen molar-refractivity contribution in [1.29, 1.82) is 0 Å². The summed E-state index contributed by atoms with van der Waals surface area (Å²) >= 11 is 0. The molecule has 2 N–H and O–H groups in total. The number of imide groups is 1. The van der Waals surface area contributed by atoms with Gasteiger partial charge in [0.15, 0.2) is 0 Å². The summed E-state index contributed by atoms with van der Waals surface area (Å²) in [7, 11) is 1.59. The van der Waals surface area contributed by atoms with E-state index in [1.807, 2.05) is 24.3 Å².